The molecule has 0 saturated carbocycles. The van der Waals surface area contributed by atoms with Gasteiger partial charge in [-0.05, 0) is 44.4 Å². The number of pyridine rings is 1. The quantitative estimate of drug-likeness (QED) is 0.388. The van der Waals surface area contributed by atoms with Crippen molar-refractivity contribution in [2.24, 2.45) is 0 Å². The monoisotopic (exact) mass is 638 g/mol. The molecule has 2 N–H and O–H groups in total. The standard InChI is InChI=1S/C29H28ClF5N6O3/c30-17-7-15(42)6-16(21(17)29(33,34)35)23-22(32)24-20-25(41-10-14-2-3-18(36-14)19(41)11-43-26(20)37-23)39-27(38-24)44-12-28-4-1-5-40(28)9-13(31)8-28/h6-7,13-14,18-19,36,42H,1-5,8-12H2/t13-,14+,18-,19-,28+/m0/s1. The number of phenols is 1. The first-order valence-corrected chi connectivity index (χ1v) is 15.1. The predicted octanol–water partition coefficient (Wildman–Crippen LogP) is 4.87. The molecule has 9 nitrogen and oxygen atoms in total. The van der Waals surface area contributed by atoms with Crippen molar-refractivity contribution in [3.63, 3.8) is 0 Å². The van der Waals surface area contributed by atoms with Crippen molar-refractivity contribution in [2.45, 2.75) is 68.1 Å². The Labute approximate surface area is 253 Å². The molecule has 0 unspecified atom stereocenters. The van der Waals surface area contributed by atoms with E-state index in [0.29, 0.717) is 25.3 Å². The molecule has 7 heterocycles. The van der Waals surface area contributed by atoms with Gasteiger partial charge in [-0.25, -0.2) is 13.8 Å². The van der Waals surface area contributed by atoms with Crippen molar-refractivity contribution >= 4 is 28.3 Å². The van der Waals surface area contributed by atoms with E-state index in [4.69, 9.17) is 26.1 Å². The average molecular weight is 639 g/mol. The first kappa shape index (κ1) is 28.3. The van der Waals surface area contributed by atoms with Crippen LogP contribution >= 0.6 is 11.6 Å². The molecule has 15 heteroatoms. The third kappa shape index (κ3) is 4.35. The lowest BCUT2D eigenvalue weighted by molar-refractivity contribution is -0.137. The summed E-state index contributed by atoms with van der Waals surface area (Å²) in [6.45, 7) is 1.80. The van der Waals surface area contributed by atoms with Crippen LogP contribution in [0.25, 0.3) is 22.2 Å². The van der Waals surface area contributed by atoms with E-state index in [1.165, 1.54) is 0 Å². The van der Waals surface area contributed by atoms with Gasteiger partial charge in [0.15, 0.2) is 5.82 Å². The third-order valence-corrected chi connectivity index (χ3v) is 10.1. The molecule has 5 aliphatic rings. The van der Waals surface area contributed by atoms with Crippen molar-refractivity contribution in [2.75, 3.05) is 37.7 Å². The number of hydrogen-bond donors (Lipinski definition) is 2. The molecule has 0 spiro atoms. The first-order chi connectivity index (χ1) is 21.0. The van der Waals surface area contributed by atoms with Gasteiger partial charge < -0.3 is 24.8 Å². The predicted molar refractivity (Wildman–Crippen MR) is 150 cm³/mol. The van der Waals surface area contributed by atoms with E-state index < -0.39 is 51.3 Å². The van der Waals surface area contributed by atoms with Crippen LogP contribution in [0.4, 0.5) is 27.8 Å². The second kappa shape index (κ2) is 9.88. The Bertz CT molecular complexity index is 1680. The number of nitrogens with one attached hydrogen (secondary N) is 1. The van der Waals surface area contributed by atoms with Gasteiger partial charge in [0.25, 0.3) is 0 Å². The third-order valence-electron chi connectivity index (χ3n) is 9.78. The fraction of sp³-hybridized carbons (Fsp3) is 0.552. The Morgan fingerprint density at radius 3 is 2.84 bits per heavy atom. The van der Waals surface area contributed by atoms with Crippen LogP contribution in [-0.2, 0) is 6.18 Å². The lowest BCUT2D eigenvalue weighted by atomic mass is 9.95. The molecule has 0 radical (unpaired) electrons. The lowest BCUT2D eigenvalue weighted by Gasteiger charge is -2.40. The molecule has 2 bridgehead atoms. The largest absolute Gasteiger partial charge is 0.508 e. The van der Waals surface area contributed by atoms with E-state index in [-0.39, 0.29) is 54.1 Å². The van der Waals surface area contributed by atoms with E-state index in [1.807, 2.05) is 4.90 Å². The molecular weight excluding hydrogens is 611 g/mol. The number of rotatable bonds is 4. The second-order valence-electron chi connectivity index (χ2n) is 12.4. The lowest BCUT2D eigenvalue weighted by Crippen LogP contribution is -2.60. The highest BCUT2D eigenvalue weighted by Gasteiger charge is 2.50. The molecule has 5 aliphatic heterocycles. The van der Waals surface area contributed by atoms with Gasteiger partial charge in [0.1, 0.15) is 47.5 Å². The molecule has 8 rings (SSSR count). The first-order valence-electron chi connectivity index (χ1n) is 14.7. The summed E-state index contributed by atoms with van der Waals surface area (Å²) >= 11 is 5.93. The van der Waals surface area contributed by atoms with Crippen molar-refractivity contribution in [1.82, 2.24) is 25.2 Å². The molecular formula is C29H28ClF5N6O3. The van der Waals surface area contributed by atoms with E-state index in [1.54, 1.807) is 0 Å². The Morgan fingerprint density at radius 2 is 2.02 bits per heavy atom. The minimum absolute atomic E-state index is 0.0504. The van der Waals surface area contributed by atoms with Crippen molar-refractivity contribution in [3.05, 3.63) is 28.5 Å². The number of aromatic hydroxyl groups is 1. The molecule has 5 atom stereocenters. The number of anilines is 1. The number of aromatic nitrogens is 3. The number of benzene rings is 1. The Kier molecular flexibility index (Phi) is 6.35. The van der Waals surface area contributed by atoms with Crippen molar-refractivity contribution < 1.29 is 36.5 Å². The zero-order valence-electron chi connectivity index (χ0n) is 23.3. The molecule has 234 valence electrons. The highest BCUT2D eigenvalue weighted by atomic mass is 35.5. The minimum atomic E-state index is -4.99. The summed E-state index contributed by atoms with van der Waals surface area (Å²) in [6.07, 6.45) is -2.22. The molecule has 4 fully saturated rings. The SMILES string of the molecule is Oc1cc(Cl)c(C(F)(F)F)c(-c2nc3c4c(nc(OC[C@]56CCCN5C[C@@H](F)C6)nc4c2F)N2C[C@H]4CC[C@H](N4)[C@@H]2CO3)c1. The Balaban J connectivity index is 1.31. The minimum Gasteiger partial charge on any atom is -0.508 e. The molecule has 3 aromatic rings. The number of fused-ring (bicyclic) bond motifs is 6. The average Bonchev–Trinajstić information content (AvgIpc) is 3.59. The normalized spacial score (nSPS) is 29.5. The fourth-order valence-electron chi connectivity index (χ4n) is 7.88. The van der Waals surface area contributed by atoms with Gasteiger partial charge in [0.2, 0.25) is 5.88 Å². The molecule has 44 heavy (non-hydrogen) atoms. The van der Waals surface area contributed by atoms with Gasteiger partial charge in [-0.3, -0.25) is 4.90 Å². The van der Waals surface area contributed by atoms with Crippen LogP contribution in [0.2, 0.25) is 5.02 Å². The maximum Gasteiger partial charge on any atom is 0.418 e. The van der Waals surface area contributed by atoms with Crippen molar-refractivity contribution in [3.8, 4) is 28.9 Å². The summed E-state index contributed by atoms with van der Waals surface area (Å²) in [7, 11) is 0. The van der Waals surface area contributed by atoms with Crippen LogP contribution in [0.5, 0.6) is 17.6 Å². The van der Waals surface area contributed by atoms with E-state index in [9.17, 15) is 22.7 Å². The number of alkyl halides is 4. The van der Waals surface area contributed by atoms with Gasteiger partial charge in [-0.1, -0.05) is 11.6 Å². The van der Waals surface area contributed by atoms with Gasteiger partial charge in [0.05, 0.1) is 22.2 Å². The number of ether oxygens (including phenoxy) is 2. The highest BCUT2D eigenvalue weighted by molar-refractivity contribution is 6.32. The number of halogens is 6. The molecule has 2 aromatic heterocycles. The number of hydrogen-bond acceptors (Lipinski definition) is 9. The smallest absolute Gasteiger partial charge is 0.418 e. The van der Waals surface area contributed by atoms with Crippen LogP contribution in [0.15, 0.2) is 12.1 Å². The summed E-state index contributed by atoms with van der Waals surface area (Å²) in [5, 5.41) is 13.0. The summed E-state index contributed by atoms with van der Waals surface area (Å²) in [5.41, 5.74) is -3.70. The van der Waals surface area contributed by atoms with E-state index >= 15 is 4.39 Å². The van der Waals surface area contributed by atoms with Crippen LogP contribution < -0.4 is 19.7 Å². The Hall–Kier alpha value is -3.23. The maximum absolute atomic E-state index is 16.6. The van der Waals surface area contributed by atoms with Gasteiger partial charge in [0, 0.05) is 37.2 Å². The van der Waals surface area contributed by atoms with E-state index in [2.05, 4.69) is 20.2 Å². The molecule has 0 aliphatic carbocycles. The molecule has 4 saturated heterocycles. The second-order valence-corrected chi connectivity index (χ2v) is 12.8. The maximum atomic E-state index is 16.6. The zero-order valence-corrected chi connectivity index (χ0v) is 24.1. The van der Waals surface area contributed by atoms with Crippen LogP contribution in [0.3, 0.4) is 0 Å². The van der Waals surface area contributed by atoms with Crippen molar-refractivity contribution in [1.29, 1.82) is 0 Å². The molecule has 0 amide bonds. The number of piperazine rings is 1. The topological polar surface area (TPSA) is 95.9 Å². The van der Waals surface area contributed by atoms with E-state index in [0.717, 1.165) is 44.4 Å². The highest BCUT2D eigenvalue weighted by Crippen LogP contribution is 2.48. The fourth-order valence-corrected chi connectivity index (χ4v) is 8.20. The number of phenolic OH excluding ortho intramolecular Hbond substituents is 1. The summed E-state index contributed by atoms with van der Waals surface area (Å²) < 4.78 is 85.8. The van der Waals surface area contributed by atoms with Crippen LogP contribution in [-0.4, -0.2) is 87.6 Å². The summed E-state index contributed by atoms with van der Waals surface area (Å²) in [4.78, 5) is 17.4. The number of nitrogens with zero attached hydrogens (tertiary/aromatic N) is 5. The summed E-state index contributed by atoms with van der Waals surface area (Å²) in [6, 6.07) is 1.33. The zero-order chi connectivity index (χ0) is 30.5. The molecule has 1 aromatic carbocycles. The Morgan fingerprint density at radius 1 is 1.18 bits per heavy atom. The van der Waals surface area contributed by atoms with Crippen LogP contribution in [0, 0.1) is 5.82 Å². The van der Waals surface area contributed by atoms with Gasteiger partial charge in [-0.15, -0.1) is 0 Å². The van der Waals surface area contributed by atoms with Crippen LogP contribution in [0.1, 0.15) is 37.7 Å². The van der Waals surface area contributed by atoms with Gasteiger partial charge in [-0.2, -0.15) is 23.1 Å². The summed E-state index contributed by atoms with van der Waals surface area (Å²) in [5.74, 6) is -1.58. The van der Waals surface area contributed by atoms with Gasteiger partial charge >= 0.3 is 12.2 Å².